The quantitative estimate of drug-likeness (QED) is 0.530. The Morgan fingerprint density at radius 1 is 1.20 bits per heavy atom. The highest BCUT2D eigenvalue weighted by molar-refractivity contribution is 7.14. The van der Waals surface area contributed by atoms with Gasteiger partial charge in [-0.05, 0) is 30.3 Å². The monoisotopic (exact) mass is 445 g/mol. The lowest BCUT2D eigenvalue weighted by Gasteiger charge is -2.26. The van der Waals surface area contributed by atoms with Crippen LogP contribution < -0.4 is 14.8 Å². The number of aromatic nitrogens is 1. The first kappa shape index (κ1) is 20.9. The Balaban J connectivity index is 1.37. The maximum atomic E-state index is 6.20. The maximum Gasteiger partial charge on any atom is 0.187 e. The number of thiazole rings is 1. The Kier molecular flexibility index (Phi) is 7.07. The van der Waals surface area contributed by atoms with Crippen molar-refractivity contribution in [2.75, 3.05) is 51.9 Å². The predicted molar refractivity (Wildman–Crippen MR) is 122 cm³/mol. The van der Waals surface area contributed by atoms with Crippen molar-refractivity contribution in [2.24, 2.45) is 0 Å². The lowest BCUT2D eigenvalue weighted by Crippen LogP contribution is -2.38. The second-order valence-corrected chi connectivity index (χ2v) is 8.11. The number of methoxy groups -OCH3 is 1. The SMILES string of the molecule is COc1ccc(Nc2nc(-c3cccc(OCCN4CCOCC4)c3)cs2)cc1Cl. The topological polar surface area (TPSA) is 55.8 Å². The van der Waals surface area contributed by atoms with Crippen LogP contribution in [0.3, 0.4) is 0 Å². The van der Waals surface area contributed by atoms with Crippen LogP contribution in [0.4, 0.5) is 10.8 Å². The van der Waals surface area contributed by atoms with Gasteiger partial charge in [0.15, 0.2) is 5.13 Å². The van der Waals surface area contributed by atoms with E-state index in [1.807, 2.05) is 47.8 Å². The summed E-state index contributed by atoms with van der Waals surface area (Å²) in [5, 5.41) is 6.67. The number of ether oxygens (including phenoxy) is 3. The molecule has 4 rings (SSSR count). The average Bonchev–Trinajstić information content (AvgIpc) is 3.23. The molecule has 1 N–H and O–H groups in total. The number of anilines is 2. The van der Waals surface area contributed by atoms with Gasteiger partial charge in [-0.3, -0.25) is 4.90 Å². The Bertz CT molecular complexity index is 976. The van der Waals surface area contributed by atoms with Crippen molar-refractivity contribution in [3.63, 3.8) is 0 Å². The van der Waals surface area contributed by atoms with Gasteiger partial charge in [0, 0.05) is 36.3 Å². The molecular formula is C22H24ClN3O3S. The van der Waals surface area contributed by atoms with E-state index in [1.54, 1.807) is 18.4 Å². The molecule has 0 aliphatic carbocycles. The molecular weight excluding hydrogens is 422 g/mol. The second kappa shape index (κ2) is 10.1. The summed E-state index contributed by atoms with van der Waals surface area (Å²) in [6.45, 7) is 5.11. The van der Waals surface area contributed by atoms with Crippen molar-refractivity contribution < 1.29 is 14.2 Å². The van der Waals surface area contributed by atoms with E-state index in [2.05, 4.69) is 10.2 Å². The summed E-state index contributed by atoms with van der Waals surface area (Å²) in [4.78, 5) is 7.06. The zero-order chi connectivity index (χ0) is 20.8. The summed E-state index contributed by atoms with van der Waals surface area (Å²) >= 11 is 7.74. The zero-order valence-electron chi connectivity index (χ0n) is 16.8. The van der Waals surface area contributed by atoms with Gasteiger partial charge in [0.1, 0.15) is 18.1 Å². The van der Waals surface area contributed by atoms with Crippen LogP contribution in [0.2, 0.25) is 5.02 Å². The van der Waals surface area contributed by atoms with Crippen molar-refractivity contribution in [1.82, 2.24) is 9.88 Å². The van der Waals surface area contributed by atoms with E-state index in [4.69, 9.17) is 30.8 Å². The molecule has 8 heteroatoms. The van der Waals surface area contributed by atoms with E-state index in [0.29, 0.717) is 17.4 Å². The van der Waals surface area contributed by atoms with Crippen molar-refractivity contribution >= 4 is 33.8 Å². The van der Waals surface area contributed by atoms with Crippen LogP contribution in [0.5, 0.6) is 11.5 Å². The fourth-order valence-electron chi connectivity index (χ4n) is 3.19. The highest BCUT2D eigenvalue weighted by Crippen LogP contribution is 2.32. The molecule has 2 heterocycles. The van der Waals surface area contributed by atoms with E-state index in [9.17, 15) is 0 Å². The molecule has 1 aromatic heterocycles. The van der Waals surface area contributed by atoms with Crippen LogP contribution in [-0.2, 0) is 4.74 Å². The van der Waals surface area contributed by atoms with E-state index in [-0.39, 0.29) is 0 Å². The standard InChI is InChI=1S/C22H24ClN3O3S/c1-27-21-6-5-17(14-19(21)23)24-22-25-20(15-30-22)16-3-2-4-18(13-16)29-12-9-26-7-10-28-11-8-26/h2-6,13-15H,7-12H2,1H3,(H,24,25). The van der Waals surface area contributed by atoms with Gasteiger partial charge >= 0.3 is 0 Å². The van der Waals surface area contributed by atoms with Gasteiger partial charge in [0.05, 0.1) is 31.0 Å². The predicted octanol–water partition coefficient (Wildman–Crippen LogP) is 4.93. The summed E-state index contributed by atoms with van der Waals surface area (Å²) in [7, 11) is 1.60. The minimum atomic E-state index is 0.557. The highest BCUT2D eigenvalue weighted by Gasteiger charge is 2.11. The Morgan fingerprint density at radius 3 is 2.87 bits per heavy atom. The number of morpholine rings is 1. The molecule has 0 spiro atoms. The summed E-state index contributed by atoms with van der Waals surface area (Å²) < 4.78 is 16.5. The maximum absolute atomic E-state index is 6.20. The van der Waals surface area contributed by atoms with Gasteiger partial charge in [-0.1, -0.05) is 23.7 Å². The van der Waals surface area contributed by atoms with Crippen molar-refractivity contribution in [3.05, 3.63) is 52.9 Å². The third-order valence-electron chi connectivity index (χ3n) is 4.82. The smallest absolute Gasteiger partial charge is 0.187 e. The molecule has 1 saturated heterocycles. The minimum Gasteiger partial charge on any atom is -0.495 e. The summed E-state index contributed by atoms with van der Waals surface area (Å²) in [5.41, 5.74) is 2.79. The third kappa shape index (κ3) is 5.43. The second-order valence-electron chi connectivity index (χ2n) is 6.84. The molecule has 1 aliphatic rings. The van der Waals surface area contributed by atoms with Crippen LogP contribution in [-0.4, -0.2) is 56.4 Å². The summed E-state index contributed by atoms with van der Waals surface area (Å²) in [6.07, 6.45) is 0. The van der Waals surface area contributed by atoms with E-state index >= 15 is 0 Å². The van der Waals surface area contributed by atoms with Crippen molar-refractivity contribution in [2.45, 2.75) is 0 Å². The van der Waals surface area contributed by atoms with E-state index < -0.39 is 0 Å². The number of halogens is 1. The minimum absolute atomic E-state index is 0.557. The Hall–Kier alpha value is -2.32. The number of hydrogen-bond donors (Lipinski definition) is 1. The lowest BCUT2D eigenvalue weighted by atomic mass is 10.2. The number of nitrogens with zero attached hydrogens (tertiary/aromatic N) is 2. The normalized spacial score (nSPS) is 14.5. The molecule has 1 fully saturated rings. The van der Waals surface area contributed by atoms with Crippen LogP contribution in [0.1, 0.15) is 0 Å². The Labute approximate surface area is 185 Å². The molecule has 0 radical (unpaired) electrons. The lowest BCUT2D eigenvalue weighted by molar-refractivity contribution is 0.0322. The van der Waals surface area contributed by atoms with Gasteiger partial charge in [-0.2, -0.15) is 0 Å². The number of nitrogens with one attached hydrogen (secondary N) is 1. The first-order chi connectivity index (χ1) is 14.7. The zero-order valence-corrected chi connectivity index (χ0v) is 18.3. The van der Waals surface area contributed by atoms with Crippen LogP contribution in [0, 0.1) is 0 Å². The first-order valence-corrected chi connectivity index (χ1v) is 11.1. The molecule has 158 valence electrons. The van der Waals surface area contributed by atoms with Crippen LogP contribution >= 0.6 is 22.9 Å². The largest absolute Gasteiger partial charge is 0.495 e. The summed E-state index contributed by atoms with van der Waals surface area (Å²) in [5.74, 6) is 1.50. The van der Waals surface area contributed by atoms with Crippen LogP contribution in [0.15, 0.2) is 47.8 Å². The van der Waals surface area contributed by atoms with Crippen molar-refractivity contribution in [1.29, 1.82) is 0 Å². The molecule has 30 heavy (non-hydrogen) atoms. The molecule has 0 bridgehead atoms. The highest BCUT2D eigenvalue weighted by atomic mass is 35.5. The number of benzene rings is 2. The average molecular weight is 446 g/mol. The van der Waals surface area contributed by atoms with E-state index in [1.165, 1.54) is 0 Å². The first-order valence-electron chi connectivity index (χ1n) is 9.81. The molecule has 0 amide bonds. The number of hydrogen-bond acceptors (Lipinski definition) is 7. The number of rotatable bonds is 8. The molecule has 2 aromatic carbocycles. The van der Waals surface area contributed by atoms with Gasteiger partial charge in [0.2, 0.25) is 0 Å². The molecule has 0 saturated carbocycles. The fourth-order valence-corrected chi connectivity index (χ4v) is 4.19. The summed E-state index contributed by atoms with van der Waals surface area (Å²) in [6, 6.07) is 13.6. The van der Waals surface area contributed by atoms with Gasteiger partial charge in [-0.25, -0.2) is 4.98 Å². The fraction of sp³-hybridized carbons (Fsp3) is 0.318. The van der Waals surface area contributed by atoms with Crippen molar-refractivity contribution in [3.8, 4) is 22.8 Å². The van der Waals surface area contributed by atoms with Gasteiger partial charge < -0.3 is 19.5 Å². The molecule has 6 nitrogen and oxygen atoms in total. The van der Waals surface area contributed by atoms with Gasteiger partial charge in [0.25, 0.3) is 0 Å². The van der Waals surface area contributed by atoms with Crippen LogP contribution in [0.25, 0.3) is 11.3 Å². The van der Waals surface area contributed by atoms with Gasteiger partial charge in [-0.15, -0.1) is 11.3 Å². The van der Waals surface area contributed by atoms with E-state index in [0.717, 1.165) is 60.7 Å². The molecule has 1 aliphatic heterocycles. The Morgan fingerprint density at radius 2 is 2.07 bits per heavy atom. The molecule has 3 aromatic rings. The molecule has 0 unspecified atom stereocenters. The molecule has 0 atom stereocenters. The third-order valence-corrected chi connectivity index (χ3v) is 5.87.